The first-order valence-corrected chi connectivity index (χ1v) is 9.28. The van der Waals surface area contributed by atoms with Crippen LogP contribution >= 0.6 is 11.6 Å². The van der Waals surface area contributed by atoms with Crippen molar-refractivity contribution < 1.29 is 9.84 Å². The second-order valence-corrected chi connectivity index (χ2v) is 6.77. The van der Waals surface area contributed by atoms with Crippen LogP contribution in [0.3, 0.4) is 0 Å². The number of methoxy groups -OCH3 is 1. The third-order valence-corrected chi connectivity index (χ3v) is 4.80. The van der Waals surface area contributed by atoms with Crippen LogP contribution in [0.4, 0.5) is 0 Å². The minimum atomic E-state index is -0.188. The molecule has 1 heterocycles. The zero-order valence-corrected chi connectivity index (χ0v) is 16.3. The molecule has 0 radical (unpaired) electrons. The predicted molar refractivity (Wildman–Crippen MR) is 116 cm³/mol. The Morgan fingerprint density at radius 2 is 1.76 bits per heavy atom. The van der Waals surface area contributed by atoms with Crippen molar-refractivity contribution in [3.63, 3.8) is 0 Å². The normalized spacial score (nSPS) is 11.2. The SMILES string of the molecule is COc1cccc(/C=C/c2nc3ccccc3c(=O)n2-c2ccc(Cl)cc2)c1O. The first-order valence-electron chi connectivity index (χ1n) is 8.90. The summed E-state index contributed by atoms with van der Waals surface area (Å²) in [6.45, 7) is 0. The van der Waals surface area contributed by atoms with E-state index in [2.05, 4.69) is 4.98 Å². The quantitative estimate of drug-likeness (QED) is 0.524. The van der Waals surface area contributed by atoms with E-state index in [1.54, 1.807) is 72.8 Å². The Bertz CT molecular complexity index is 1280. The first kappa shape index (κ1) is 18.8. The smallest absolute Gasteiger partial charge is 0.266 e. The monoisotopic (exact) mass is 404 g/mol. The lowest BCUT2D eigenvalue weighted by Gasteiger charge is -2.12. The van der Waals surface area contributed by atoms with Crippen LogP contribution in [0.2, 0.25) is 5.02 Å². The molecule has 4 rings (SSSR count). The van der Waals surface area contributed by atoms with Gasteiger partial charge in [0.25, 0.3) is 5.56 Å². The summed E-state index contributed by atoms with van der Waals surface area (Å²) in [6.07, 6.45) is 3.39. The number of halogens is 1. The predicted octanol–water partition coefficient (Wildman–Crippen LogP) is 4.92. The number of aromatic hydroxyl groups is 1. The Balaban J connectivity index is 1.92. The zero-order chi connectivity index (χ0) is 20.4. The summed E-state index contributed by atoms with van der Waals surface area (Å²) in [7, 11) is 1.49. The third-order valence-electron chi connectivity index (χ3n) is 4.55. The molecule has 144 valence electrons. The van der Waals surface area contributed by atoms with Crippen LogP contribution in [0.5, 0.6) is 11.5 Å². The zero-order valence-electron chi connectivity index (χ0n) is 15.5. The van der Waals surface area contributed by atoms with Crippen LogP contribution in [0.25, 0.3) is 28.7 Å². The molecule has 5 nitrogen and oxygen atoms in total. The maximum atomic E-state index is 13.2. The fourth-order valence-corrected chi connectivity index (χ4v) is 3.23. The molecule has 0 fully saturated rings. The largest absolute Gasteiger partial charge is 0.504 e. The van der Waals surface area contributed by atoms with Gasteiger partial charge in [0, 0.05) is 10.6 Å². The second-order valence-electron chi connectivity index (χ2n) is 6.34. The Hall–Kier alpha value is -3.57. The lowest BCUT2D eigenvalue weighted by atomic mass is 10.1. The lowest BCUT2D eigenvalue weighted by Crippen LogP contribution is -2.22. The summed E-state index contributed by atoms with van der Waals surface area (Å²) in [5.74, 6) is 0.819. The molecule has 3 aromatic carbocycles. The molecule has 0 atom stereocenters. The van der Waals surface area contributed by atoms with E-state index in [0.717, 1.165) is 0 Å². The van der Waals surface area contributed by atoms with Crippen LogP contribution in [0.1, 0.15) is 11.4 Å². The van der Waals surface area contributed by atoms with Crippen molar-refractivity contribution in [3.05, 3.63) is 93.5 Å². The average molecular weight is 405 g/mol. The minimum Gasteiger partial charge on any atom is -0.504 e. The first-order chi connectivity index (χ1) is 14.1. The molecule has 0 bridgehead atoms. The molecular weight excluding hydrogens is 388 g/mol. The topological polar surface area (TPSA) is 64.3 Å². The van der Waals surface area contributed by atoms with E-state index >= 15 is 0 Å². The fourth-order valence-electron chi connectivity index (χ4n) is 3.10. The van der Waals surface area contributed by atoms with Gasteiger partial charge in [-0.1, -0.05) is 35.9 Å². The van der Waals surface area contributed by atoms with Gasteiger partial charge in [-0.2, -0.15) is 0 Å². The number of phenolic OH excluding ortho intramolecular Hbond substituents is 1. The summed E-state index contributed by atoms with van der Waals surface area (Å²) >= 11 is 6.00. The molecule has 0 aliphatic rings. The van der Waals surface area contributed by atoms with Gasteiger partial charge in [0.1, 0.15) is 5.82 Å². The molecule has 6 heteroatoms. The highest BCUT2D eigenvalue weighted by Gasteiger charge is 2.11. The number of hydrogen-bond donors (Lipinski definition) is 1. The van der Waals surface area contributed by atoms with Gasteiger partial charge in [-0.25, -0.2) is 4.98 Å². The standard InChI is InChI=1S/C23H17ClN2O3/c1-29-20-8-4-5-15(22(20)27)9-14-21-25-19-7-3-2-6-18(19)23(28)26(21)17-12-10-16(24)11-13-17/h2-14,27H,1H3/b14-9+. The van der Waals surface area contributed by atoms with Crippen LogP contribution in [0, 0.1) is 0 Å². The molecule has 0 amide bonds. The number of rotatable bonds is 4. The van der Waals surface area contributed by atoms with Crippen molar-refractivity contribution >= 4 is 34.7 Å². The van der Waals surface area contributed by atoms with E-state index in [9.17, 15) is 9.90 Å². The van der Waals surface area contributed by atoms with Crippen molar-refractivity contribution in [1.29, 1.82) is 0 Å². The van der Waals surface area contributed by atoms with Crippen molar-refractivity contribution in [3.8, 4) is 17.2 Å². The van der Waals surface area contributed by atoms with E-state index < -0.39 is 0 Å². The van der Waals surface area contributed by atoms with Crippen molar-refractivity contribution in [2.75, 3.05) is 7.11 Å². The van der Waals surface area contributed by atoms with Crippen molar-refractivity contribution in [2.45, 2.75) is 0 Å². The summed E-state index contributed by atoms with van der Waals surface area (Å²) in [6, 6.07) is 19.4. The highest BCUT2D eigenvalue weighted by molar-refractivity contribution is 6.30. The van der Waals surface area contributed by atoms with E-state index in [-0.39, 0.29) is 11.3 Å². The maximum Gasteiger partial charge on any atom is 0.266 e. The van der Waals surface area contributed by atoms with Crippen LogP contribution in [-0.4, -0.2) is 21.8 Å². The molecule has 29 heavy (non-hydrogen) atoms. The number of para-hydroxylation sites is 2. The Kier molecular flexibility index (Phi) is 5.06. The van der Waals surface area contributed by atoms with Crippen LogP contribution in [-0.2, 0) is 0 Å². The van der Waals surface area contributed by atoms with Gasteiger partial charge in [-0.05, 0) is 54.6 Å². The number of fused-ring (bicyclic) bond motifs is 1. The molecule has 1 aromatic heterocycles. The summed E-state index contributed by atoms with van der Waals surface area (Å²) in [4.78, 5) is 17.9. The second kappa shape index (κ2) is 7.81. The molecule has 0 aliphatic heterocycles. The Labute approximate surface area is 172 Å². The van der Waals surface area contributed by atoms with E-state index in [1.165, 1.54) is 11.7 Å². The fraction of sp³-hybridized carbons (Fsp3) is 0.0435. The van der Waals surface area contributed by atoms with E-state index in [1.807, 2.05) is 6.07 Å². The number of nitrogens with zero attached hydrogens (tertiary/aromatic N) is 2. The van der Waals surface area contributed by atoms with Crippen molar-refractivity contribution in [1.82, 2.24) is 9.55 Å². The number of benzene rings is 3. The summed E-state index contributed by atoms with van der Waals surface area (Å²) in [5, 5.41) is 11.4. The number of ether oxygens (including phenoxy) is 1. The third kappa shape index (κ3) is 3.60. The summed E-state index contributed by atoms with van der Waals surface area (Å²) < 4.78 is 6.67. The van der Waals surface area contributed by atoms with Gasteiger partial charge < -0.3 is 9.84 Å². The number of aromatic nitrogens is 2. The van der Waals surface area contributed by atoms with E-state index in [4.69, 9.17) is 16.3 Å². The van der Waals surface area contributed by atoms with Gasteiger partial charge in [-0.15, -0.1) is 0 Å². The van der Waals surface area contributed by atoms with Gasteiger partial charge in [0.2, 0.25) is 0 Å². The molecule has 0 unspecified atom stereocenters. The number of hydrogen-bond acceptors (Lipinski definition) is 4. The van der Waals surface area contributed by atoms with Gasteiger partial charge >= 0.3 is 0 Å². The average Bonchev–Trinajstić information content (AvgIpc) is 2.74. The maximum absolute atomic E-state index is 13.2. The number of phenols is 1. The van der Waals surface area contributed by atoms with Crippen LogP contribution < -0.4 is 10.3 Å². The molecule has 4 aromatic rings. The minimum absolute atomic E-state index is 0.0208. The summed E-state index contributed by atoms with van der Waals surface area (Å²) in [5.41, 5.74) is 1.60. The van der Waals surface area contributed by atoms with Gasteiger partial charge in [-0.3, -0.25) is 9.36 Å². The lowest BCUT2D eigenvalue weighted by molar-refractivity contribution is 0.373. The Morgan fingerprint density at radius 1 is 1.00 bits per heavy atom. The molecule has 1 N–H and O–H groups in total. The molecule has 0 aliphatic carbocycles. The highest BCUT2D eigenvalue weighted by atomic mass is 35.5. The van der Waals surface area contributed by atoms with Gasteiger partial charge in [0.05, 0.1) is 23.7 Å². The molecule has 0 spiro atoms. The molecule has 0 saturated heterocycles. The van der Waals surface area contributed by atoms with E-state index in [0.29, 0.717) is 38.8 Å². The highest BCUT2D eigenvalue weighted by Crippen LogP contribution is 2.30. The molecular formula is C23H17ClN2O3. The van der Waals surface area contributed by atoms with Crippen molar-refractivity contribution in [2.24, 2.45) is 0 Å². The molecule has 0 saturated carbocycles. The van der Waals surface area contributed by atoms with Crippen LogP contribution in [0.15, 0.2) is 71.5 Å². The Morgan fingerprint density at radius 3 is 2.52 bits per heavy atom. The van der Waals surface area contributed by atoms with Gasteiger partial charge in [0.15, 0.2) is 11.5 Å².